The van der Waals surface area contributed by atoms with Gasteiger partial charge < -0.3 is 9.47 Å². The van der Waals surface area contributed by atoms with E-state index in [0.717, 1.165) is 10.6 Å². The van der Waals surface area contributed by atoms with Gasteiger partial charge in [0.15, 0.2) is 0 Å². The predicted molar refractivity (Wildman–Crippen MR) is 115 cm³/mol. The number of hydrogen-bond acceptors (Lipinski definition) is 8. The van der Waals surface area contributed by atoms with E-state index in [9.17, 15) is 9.59 Å². The summed E-state index contributed by atoms with van der Waals surface area (Å²) in [6.07, 6.45) is 0. The Hall–Kier alpha value is -3.00. The van der Waals surface area contributed by atoms with Crippen molar-refractivity contribution in [3.63, 3.8) is 0 Å². The van der Waals surface area contributed by atoms with E-state index in [-0.39, 0.29) is 13.2 Å². The molecule has 1 aromatic carbocycles. The van der Waals surface area contributed by atoms with Crippen LogP contribution in [-0.2, 0) is 19.1 Å². The Morgan fingerprint density at radius 2 is 1.47 bits per heavy atom. The van der Waals surface area contributed by atoms with Crippen molar-refractivity contribution in [2.75, 3.05) is 18.1 Å². The van der Waals surface area contributed by atoms with E-state index < -0.39 is 17.9 Å². The molecule has 0 fully saturated rings. The predicted octanol–water partition coefficient (Wildman–Crippen LogP) is 4.12. The molecule has 0 spiro atoms. The van der Waals surface area contributed by atoms with Crippen LogP contribution in [0.3, 0.4) is 0 Å². The number of ether oxygens (including phenoxy) is 2. The highest BCUT2D eigenvalue weighted by Gasteiger charge is 2.41. The normalized spacial score (nSPS) is 14.9. The topological polar surface area (TPSA) is 81.6 Å². The van der Waals surface area contributed by atoms with E-state index in [0.29, 0.717) is 27.7 Å². The quantitative estimate of drug-likeness (QED) is 0.641. The number of anilines is 1. The van der Waals surface area contributed by atoms with Crippen LogP contribution in [0.25, 0.3) is 0 Å². The lowest BCUT2D eigenvalue weighted by Gasteiger charge is -2.36. The zero-order chi connectivity index (χ0) is 21.8. The van der Waals surface area contributed by atoms with Crippen LogP contribution in [0.4, 0.5) is 5.13 Å². The minimum absolute atomic E-state index is 0.229. The molecule has 7 nitrogen and oxygen atoms in total. The van der Waals surface area contributed by atoms with Gasteiger partial charge in [0.25, 0.3) is 0 Å². The lowest BCUT2D eigenvalue weighted by Crippen LogP contribution is -2.35. The summed E-state index contributed by atoms with van der Waals surface area (Å²) in [7, 11) is 0. The lowest BCUT2D eigenvalue weighted by atomic mass is 9.80. The summed E-state index contributed by atoms with van der Waals surface area (Å²) in [5.74, 6) is -1.54. The highest BCUT2D eigenvalue weighted by molar-refractivity contribution is 7.15. The van der Waals surface area contributed by atoms with Gasteiger partial charge in [-0.25, -0.2) is 9.59 Å². The van der Waals surface area contributed by atoms with E-state index >= 15 is 0 Å². The van der Waals surface area contributed by atoms with Crippen LogP contribution < -0.4 is 4.90 Å². The molecule has 0 saturated heterocycles. The fraction of sp³-hybridized carbons (Fsp3) is 0.364. The molecule has 0 radical (unpaired) electrons. The van der Waals surface area contributed by atoms with Crippen LogP contribution in [0, 0.1) is 6.92 Å². The summed E-state index contributed by atoms with van der Waals surface area (Å²) in [6.45, 7) is 9.50. The van der Waals surface area contributed by atoms with Gasteiger partial charge >= 0.3 is 11.9 Å². The van der Waals surface area contributed by atoms with Crippen molar-refractivity contribution in [3.8, 4) is 0 Å². The van der Waals surface area contributed by atoms with E-state index in [1.54, 1.807) is 18.7 Å². The Morgan fingerprint density at radius 3 is 1.90 bits per heavy atom. The van der Waals surface area contributed by atoms with Crippen molar-refractivity contribution in [1.29, 1.82) is 0 Å². The number of nitrogens with zero attached hydrogens (tertiary/aromatic N) is 3. The van der Waals surface area contributed by atoms with Gasteiger partial charge in [0, 0.05) is 11.4 Å². The van der Waals surface area contributed by atoms with Crippen LogP contribution >= 0.6 is 11.3 Å². The van der Waals surface area contributed by atoms with Gasteiger partial charge in [0.05, 0.1) is 30.3 Å². The second kappa shape index (κ2) is 9.21. The number of aromatic nitrogens is 2. The minimum atomic E-state index is -0.602. The van der Waals surface area contributed by atoms with Crippen molar-refractivity contribution >= 4 is 28.4 Å². The van der Waals surface area contributed by atoms with Gasteiger partial charge in [-0.15, -0.1) is 10.2 Å². The summed E-state index contributed by atoms with van der Waals surface area (Å²) < 4.78 is 10.8. The molecule has 3 rings (SSSR count). The first kappa shape index (κ1) is 21.7. The molecule has 1 aliphatic heterocycles. The molecule has 1 aliphatic rings. The van der Waals surface area contributed by atoms with Crippen molar-refractivity contribution in [3.05, 3.63) is 63.4 Å². The standard InChI is InChI=1S/C22H25N3O4S/c1-6-28-20(26)17-13(3)25(22-24-23-15(5)30-22)14(4)18(21(27)29-7-2)19(17)16-11-9-8-10-12-16/h8-12,19H,6-7H2,1-5H3. The van der Waals surface area contributed by atoms with Gasteiger partial charge in [-0.1, -0.05) is 41.7 Å². The van der Waals surface area contributed by atoms with Crippen LogP contribution in [0.5, 0.6) is 0 Å². The molecular formula is C22H25N3O4S. The number of aryl methyl sites for hydroxylation is 1. The Balaban J connectivity index is 2.29. The molecule has 30 heavy (non-hydrogen) atoms. The maximum absolute atomic E-state index is 13.1. The first-order valence-electron chi connectivity index (χ1n) is 9.81. The summed E-state index contributed by atoms with van der Waals surface area (Å²) in [4.78, 5) is 28.0. The SMILES string of the molecule is CCOC(=O)C1=C(C)N(c2nnc(C)s2)C(C)=C(C(=O)OCC)C1c1ccccc1. The summed E-state index contributed by atoms with van der Waals surface area (Å²) in [5, 5.41) is 9.70. The number of hydrogen-bond donors (Lipinski definition) is 0. The highest BCUT2D eigenvalue weighted by Crippen LogP contribution is 2.44. The van der Waals surface area contributed by atoms with Crippen molar-refractivity contribution in [2.45, 2.75) is 40.5 Å². The number of rotatable bonds is 6. The molecule has 0 N–H and O–H groups in total. The molecule has 2 heterocycles. The first-order valence-corrected chi connectivity index (χ1v) is 10.6. The first-order chi connectivity index (χ1) is 14.4. The maximum atomic E-state index is 13.1. The molecule has 0 aliphatic carbocycles. The average Bonchev–Trinajstić information content (AvgIpc) is 3.14. The Labute approximate surface area is 180 Å². The summed E-state index contributed by atoms with van der Waals surface area (Å²) >= 11 is 1.38. The number of benzene rings is 1. The third kappa shape index (κ3) is 4.00. The molecule has 158 valence electrons. The average molecular weight is 428 g/mol. The lowest BCUT2D eigenvalue weighted by molar-refractivity contribution is -0.139. The molecule has 0 atom stereocenters. The maximum Gasteiger partial charge on any atom is 0.336 e. The smallest absolute Gasteiger partial charge is 0.336 e. The van der Waals surface area contributed by atoms with Crippen LogP contribution in [0.1, 0.15) is 44.2 Å². The zero-order valence-corrected chi connectivity index (χ0v) is 18.6. The number of allylic oxidation sites excluding steroid dienone is 2. The third-order valence-electron chi connectivity index (χ3n) is 4.86. The van der Waals surface area contributed by atoms with Crippen molar-refractivity contribution < 1.29 is 19.1 Å². The molecule has 8 heteroatoms. The summed E-state index contributed by atoms with van der Waals surface area (Å²) in [5.41, 5.74) is 2.91. The van der Waals surface area contributed by atoms with Crippen LogP contribution in [0.15, 0.2) is 52.9 Å². The molecule has 0 amide bonds. The molecular weight excluding hydrogens is 402 g/mol. The summed E-state index contributed by atoms with van der Waals surface area (Å²) in [6, 6.07) is 9.45. The number of carbonyl (C=O) groups is 2. The fourth-order valence-corrected chi connectivity index (χ4v) is 4.44. The van der Waals surface area contributed by atoms with Gasteiger partial charge in [-0.3, -0.25) is 4.90 Å². The highest BCUT2D eigenvalue weighted by atomic mass is 32.1. The number of carbonyl (C=O) groups excluding carboxylic acids is 2. The van der Waals surface area contributed by atoms with E-state index in [4.69, 9.17) is 9.47 Å². The Morgan fingerprint density at radius 1 is 0.933 bits per heavy atom. The number of esters is 2. The largest absolute Gasteiger partial charge is 0.463 e. The van der Waals surface area contributed by atoms with E-state index in [1.807, 2.05) is 51.1 Å². The van der Waals surface area contributed by atoms with Crippen LogP contribution in [0.2, 0.25) is 0 Å². The van der Waals surface area contributed by atoms with E-state index in [1.165, 1.54) is 11.3 Å². The van der Waals surface area contributed by atoms with Gasteiger partial charge in [0.2, 0.25) is 5.13 Å². The third-order valence-corrected chi connectivity index (χ3v) is 5.68. The second-order valence-electron chi connectivity index (χ2n) is 6.72. The van der Waals surface area contributed by atoms with Crippen molar-refractivity contribution in [2.24, 2.45) is 0 Å². The molecule has 0 bridgehead atoms. The second-order valence-corrected chi connectivity index (χ2v) is 7.88. The monoisotopic (exact) mass is 427 g/mol. The van der Waals surface area contributed by atoms with E-state index in [2.05, 4.69) is 10.2 Å². The molecule has 0 unspecified atom stereocenters. The molecule has 0 saturated carbocycles. The fourth-order valence-electron chi connectivity index (χ4n) is 3.65. The van der Waals surface area contributed by atoms with Gasteiger partial charge in [-0.2, -0.15) is 0 Å². The van der Waals surface area contributed by atoms with Crippen LogP contribution in [-0.4, -0.2) is 35.3 Å². The van der Waals surface area contributed by atoms with Gasteiger partial charge in [0.1, 0.15) is 5.01 Å². The molecule has 1 aromatic heterocycles. The zero-order valence-electron chi connectivity index (χ0n) is 17.8. The Kier molecular flexibility index (Phi) is 6.66. The molecule has 2 aromatic rings. The Bertz CT molecular complexity index is 968. The van der Waals surface area contributed by atoms with Gasteiger partial charge in [-0.05, 0) is 40.2 Å². The minimum Gasteiger partial charge on any atom is -0.463 e. The van der Waals surface area contributed by atoms with Crippen molar-refractivity contribution in [1.82, 2.24) is 10.2 Å².